The fraction of sp³-hybridized carbons (Fsp3) is 0.333. The molecule has 0 saturated heterocycles. The number of hydrogen-bond acceptors (Lipinski definition) is 4. The quantitative estimate of drug-likeness (QED) is 0.259. The number of benzene rings is 1. The van der Waals surface area contributed by atoms with Gasteiger partial charge >= 0.3 is 0 Å². The number of ketones is 2. The molecular formula is C27H30O4. The molecule has 2 aliphatic rings. The van der Waals surface area contributed by atoms with Crippen molar-refractivity contribution in [2.24, 2.45) is 11.3 Å². The average molecular weight is 419 g/mol. The van der Waals surface area contributed by atoms with Crippen molar-refractivity contribution in [3.8, 4) is 0 Å². The summed E-state index contributed by atoms with van der Waals surface area (Å²) in [6.45, 7) is 15.3. The fourth-order valence-electron chi connectivity index (χ4n) is 4.60. The van der Waals surface area contributed by atoms with Crippen LogP contribution in [0.1, 0.15) is 45.1 Å². The Morgan fingerprint density at radius 2 is 1.68 bits per heavy atom. The van der Waals surface area contributed by atoms with E-state index in [1.54, 1.807) is 36.4 Å². The maximum absolute atomic E-state index is 13.9. The molecule has 31 heavy (non-hydrogen) atoms. The van der Waals surface area contributed by atoms with Crippen molar-refractivity contribution in [3.63, 3.8) is 0 Å². The van der Waals surface area contributed by atoms with Crippen LogP contribution >= 0.6 is 0 Å². The summed E-state index contributed by atoms with van der Waals surface area (Å²) in [5, 5.41) is 11.2. The van der Waals surface area contributed by atoms with E-state index < -0.39 is 16.8 Å². The van der Waals surface area contributed by atoms with Crippen molar-refractivity contribution in [1.29, 1.82) is 0 Å². The van der Waals surface area contributed by atoms with Crippen molar-refractivity contribution < 1.29 is 19.4 Å². The molecule has 0 bridgehead atoms. The van der Waals surface area contributed by atoms with Gasteiger partial charge in [-0.05, 0) is 39.5 Å². The van der Waals surface area contributed by atoms with Crippen molar-refractivity contribution in [3.05, 3.63) is 90.8 Å². The third kappa shape index (κ3) is 3.71. The molecule has 0 amide bonds. The number of aliphatic hydroxyl groups is 1. The van der Waals surface area contributed by atoms with Crippen LogP contribution in [-0.2, 0) is 14.3 Å². The molecule has 162 valence electrons. The first-order chi connectivity index (χ1) is 14.7. The number of Topliss-reactive ketones (excluding diaryl/α,β-unsaturated/α-hetero) is 2. The zero-order valence-electron chi connectivity index (χ0n) is 18.3. The van der Waals surface area contributed by atoms with Gasteiger partial charge in [0.25, 0.3) is 0 Å². The van der Waals surface area contributed by atoms with Gasteiger partial charge in [-0.3, -0.25) is 9.59 Å². The zero-order valence-corrected chi connectivity index (χ0v) is 18.3. The molecule has 4 heteroatoms. The molecule has 1 aromatic rings. The summed E-state index contributed by atoms with van der Waals surface area (Å²) < 4.78 is 6.31. The maximum atomic E-state index is 13.9. The largest absolute Gasteiger partial charge is 0.506 e. The summed E-state index contributed by atoms with van der Waals surface area (Å²) in [7, 11) is 0. The molecular weight excluding hydrogens is 388 g/mol. The van der Waals surface area contributed by atoms with E-state index in [-0.39, 0.29) is 41.6 Å². The van der Waals surface area contributed by atoms with E-state index in [9.17, 15) is 14.7 Å². The Labute approximate surface area is 184 Å². The molecule has 1 aliphatic heterocycles. The lowest BCUT2D eigenvalue weighted by atomic mass is 9.62. The third-order valence-corrected chi connectivity index (χ3v) is 6.39. The van der Waals surface area contributed by atoms with Gasteiger partial charge in [0.1, 0.15) is 28.1 Å². The molecule has 0 saturated carbocycles. The van der Waals surface area contributed by atoms with Gasteiger partial charge in [-0.2, -0.15) is 0 Å². The number of carbonyl (C=O) groups excluding carboxylic acids is 2. The highest BCUT2D eigenvalue weighted by Gasteiger charge is 2.55. The van der Waals surface area contributed by atoms with Crippen molar-refractivity contribution in [1.82, 2.24) is 0 Å². The van der Waals surface area contributed by atoms with Crippen LogP contribution in [0.15, 0.2) is 85.2 Å². The first-order valence-electron chi connectivity index (χ1n) is 10.6. The number of carbonyl (C=O) groups is 2. The van der Waals surface area contributed by atoms with Crippen molar-refractivity contribution in [2.45, 2.75) is 45.1 Å². The molecule has 1 aromatic carbocycles. The highest BCUT2D eigenvalue weighted by atomic mass is 16.5. The van der Waals surface area contributed by atoms with Crippen LogP contribution in [0.3, 0.4) is 0 Å². The van der Waals surface area contributed by atoms with Gasteiger partial charge in [-0.1, -0.05) is 48.6 Å². The Bertz CT molecular complexity index is 981. The molecule has 0 spiro atoms. The van der Waals surface area contributed by atoms with Crippen LogP contribution < -0.4 is 0 Å². The molecule has 4 nitrogen and oxygen atoms in total. The number of hydrogen-bond donors (Lipinski definition) is 1. The number of allylic oxidation sites excluding steroid dienone is 5. The molecule has 1 heterocycles. The van der Waals surface area contributed by atoms with Crippen LogP contribution in [0.4, 0.5) is 0 Å². The first kappa shape index (κ1) is 22.5. The Morgan fingerprint density at radius 1 is 1.06 bits per heavy atom. The lowest BCUT2D eigenvalue weighted by Gasteiger charge is -2.46. The molecule has 1 unspecified atom stereocenters. The van der Waals surface area contributed by atoms with Crippen LogP contribution in [0.25, 0.3) is 5.76 Å². The molecule has 0 fully saturated rings. The molecule has 0 aromatic heterocycles. The smallest absolute Gasteiger partial charge is 0.184 e. The van der Waals surface area contributed by atoms with E-state index >= 15 is 0 Å². The summed E-state index contributed by atoms with van der Waals surface area (Å²) in [4.78, 5) is 27.6. The van der Waals surface area contributed by atoms with E-state index in [2.05, 4.69) is 19.7 Å². The van der Waals surface area contributed by atoms with Gasteiger partial charge < -0.3 is 9.84 Å². The van der Waals surface area contributed by atoms with Gasteiger partial charge in [-0.15, -0.1) is 19.7 Å². The summed E-state index contributed by atoms with van der Waals surface area (Å²) in [6.07, 6.45) is 6.42. The van der Waals surface area contributed by atoms with Crippen molar-refractivity contribution in [2.75, 3.05) is 0 Å². The van der Waals surface area contributed by atoms with E-state index in [0.29, 0.717) is 24.0 Å². The second kappa shape index (κ2) is 8.54. The highest BCUT2D eigenvalue weighted by Crippen LogP contribution is 2.51. The van der Waals surface area contributed by atoms with Gasteiger partial charge in [0.15, 0.2) is 11.6 Å². The second-order valence-electron chi connectivity index (χ2n) is 8.75. The predicted molar refractivity (Wildman–Crippen MR) is 123 cm³/mol. The summed E-state index contributed by atoms with van der Waals surface area (Å²) in [5.41, 5.74) is -0.995. The molecule has 1 atom stereocenters. The predicted octanol–water partition coefficient (Wildman–Crippen LogP) is 5.89. The highest BCUT2D eigenvalue weighted by molar-refractivity contribution is 6.26. The SMILES string of the molecule is C=CCC1CC2=C(OC1(C)C)/C(=C(\O)c1ccccc1)C(=O)C(CC=C)(CC=C)C2=O. The topological polar surface area (TPSA) is 63.6 Å². The number of rotatable bonds is 7. The molecule has 3 rings (SSSR count). The second-order valence-corrected chi connectivity index (χ2v) is 8.75. The Hall–Kier alpha value is -3.14. The van der Waals surface area contributed by atoms with Gasteiger partial charge in [0.05, 0.1) is 0 Å². The lowest BCUT2D eigenvalue weighted by molar-refractivity contribution is -0.139. The Balaban J connectivity index is 2.33. The molecule has 1 N–H and O–H groups in total. The monoisotopic (exact) mass is 418 g/mol. The third-order valence-electron chi connectivity index (χ3n) is 6.39. The van der Waals surface area contributed by atoms with Crippen molar-refractivity contribution >= 4 is 17.3 Å². The van der Waals surface area contributed by atoms with Crippen LogP contribution in [0.5, 0.6) is 0 Å². The minimum Gasteiger partial charge on any atom is -0.506 e. The zero-order chi connectivity index (χ0) is 22.8. The average Bonchev–Trinajstić information content (AvgIpc) is 2.74. The van der Waals surface area contributed by atoms with E-state index in [1.165, 1.54) is 0 Å². The van der Waals surface area contributed by atoms with E-state index in [4.69, 9.17) is 4.74 Å². The molecule has 0 radical (unpaired) electrons. The van der Waals surface area contributed by atoms with Crippen LogP contribution in [0.2, 0.25) is 0 Å². The van der Waals surface area contributed by atoms with Gasteiger partial charge in [0, 0.05) is 17.1 Å². The maximum Gasteiger partial charge on any atom is 0.184 e. The summed E-state index contributed by atoms with van der Waals surface area (Å²) in [5.74, 6) is -0.672. The lowest BCUT2D eigenvalue weighted by Crippen LogP contribution is -2.50. The van der Waals surface area contributed by atoms with Gasteiger partial charge in [-0.25, -0.2) is 0 Å². The number of ether oxygens (including phenoxy) is 1. The Kier molecular flexibility index (Phi) is 6.21. The van der Waals surface area contributed by atoms with Crippen LogP contribution in [0, 0.1) is 11.3 Å². The Morgan fingerprint density at radius 3 is 2.23 bits per heavy atom. The normalized spacial score (nSPS) is 23.5. The standard InChI is InChI=1S/C27H30O4/c1-6-12-19-17-20-23(31-26(19,4)5)21(22(28)18-13-10-9-11-14-18)25(30)27(15-7-2,16-8-3)24(20)29/h6-11,13-14,19,28H,1-3,12,15-17H2,4-5H3/b22-21+. The van der Waals surface area contributed by atoms with E-state index in [0.717, 1.165) is 0 Å². The minimum absolute atomic E-state index is 0.0196. The van der Waals surface area contributed by atoms with Crippen LogP contribution in [-0.4, -0.2) is 22.3 Å². The number of aliphatic hydroxyl groups excluding tert-OH is 1. The minimum atomic E-state index is -1.37. The van der Waals surface area contributed by atoms with E-state index in [1.807, 2.05) is 26.0 Å². The molecule has 1 aliphatic carbocycles. The summed E-state index contributed by atoms with van der Waals surface area (Å²) in [6, 6.07) is 8.85. The first-order valence-corrected chi connectivity index (χ1v) is 10.6. The fourth-order valence-corrected chi connectivity index (χ4v) is 4.60. The van der Waals surface area contributed by atoms with Gasteiger partial charge in [0.2, 0.25) is 0 Å². The summed E-state index contributed by atoms with van der Waals surface area (Å²) >= 11 is 0.